The Hall–Kier alpha value is -1.12. The maximum Gasteiger partial charge on any atom is 0.233 e. The Labute approximate surface area is 155 Å². The average molecular weight is 350 g/mol. The molecular formula is C22H39NO2. The van der Waals surface area contributed by atoms with E-state index in [1.165, 1.54) is 77.0 Å². The molecule has 3 heteroatoms. The molecule has 1 rings (SSSR count). The Morgan fingerprint density at radius 1 is 0.880 bits per heavy atom. The van der Waals surface area contributed by atoms with Crippen LogP contribution in [0.3, 0.4) is 0 Å². The predicted molar refractivity (Wildman–Crippen MR) is 105 cm³/mol. The summed E-state index contributed by atoms with van der Waals surface area (Å²) in [5, 5.41) is 2.34. The summed E-state index contributed by atoms with van der Waals surface area (Å²) in [7, 11) is 0. The lowest BCUT2D eigenvalue weighted by molar-refractivity contribution is -0.125. The van der Waals surface area contributed by atoms with Gasteiger partial charge < -0.3 is 0 Å². The van der Waals surface area contributed by atoms with Crippen molar-refractivity contribution < 1.29 is 9.59 Å². The summed E-state index contributed by atoms with van der Waals surface area (Å²) in [5.41, 5.74) is 0. The Balaban J connectivity index is 1.79. The summed E-state index contributed by atoms with van der Waals surface area (Å²) in [6.45, 7) is 4.62. The third kappa shape index (κ3) is 12.0. The Morgan fingerprint density at radius 2 is 1.40 bits per heavy atom. The minimum Gasteiger partial charge on any atom is -0.296 e. The van der Waals surface area contributed by atoms with Gasteiger partial charge in [0.2, 0.25) is 11.8 Å². The van der Waals surface area contributed by atoms with E-state index < -0.39 is 0 Å². The number of carbonyl (C=O) groups excluding carboxylic acids is 2. The summed E-state index contributed by atoms with van der Waals surface area (Å²) in [4.78, 5) is 22.5. The maximum absolute atomic E-state index is 11.4. The Morgan fingerprint density at radius 3 is 1.88 bits per heavy atom. The van der Waals surface area contributed by atoms with Gasteiger partial charge in [-0.1, -0.05) is 96.6 Å². The number of amides is 2. The Kier molecular flexibility index (Phi) is 12.4. The first-order valence-electron chi connectivity index (χ1n) is 10.6. The van der Waals surface area contributed by atoms with E-state index in [9.17, 15) is 9.59 Å². The van der Waals surface area contributed by atoms with Crippen molar-refractivity contribution in [3.05, 3.63) is 12.2 Å². The highest BCUT2D eigenvalue weighted by Crippen LogP contribution is 2.15. The van der Waals surface area contributed by atoms with Crippen molar-refractivity contribution in [3.63, 3.8) is 0 Å². The van der Waals surface area contributed by atoms with E-state index in [1.54, 1.807) is 0 Å². The standard InChI is InChI=1S/C22H39NO2/c1-19(2)16-14-12-10-8-6-4-3-5-7-9-11-13-15-17-20-18-21(24)23-22(20)25/h15,17,19-20H,3-14,16,18H2,1-2H3,(H,23,24,25). The van der Waals surface area contributed by atoms with Gasteiger partial charge in [0.25, 0.3) is 0 Å². The molecule has 1 saturated heterocycles. The molecule has 2 amide bonds. The second-order valence-electron chi connectivity index (χ2n) is 8.01. The molecule has 0 aromatic rings. The molecule has 0 aromatic heterocycles. The third-order valence-electron chi connectivity index (χ3n) is 5.03. The summed E-state index contributed by atoms with van der Waals surface area (Å²) in [6, 6.07) is 0. The van der Waals surface area contributed by atoms with Crippen LogP contribution in [-0.4, -0.2) is 11.8 Å². The second kappa shape index (κ2) is 14.1. The van der Waals surface area contributed by atoms with E-state index in [0.717, 1.165) is 12.3 Å². The number of allylic oxidation sites excluding steroid dienone is 1. The largest absolute Gasteiger partial charge is 0.296 e. The third-order valence-corrected chi connectivity index (χ3v) is 5.03. The summed E-state index contributed by atoms with van der Waals surface area (Å²) in [5.74, 6) is 0.358. The van der Waals surface area contributed by atoms with Crippen LogP contribution in [-0.2, 0) is 9.59 Å². The van der Waals surface area contributed by atoms with Crippen molar-refractivity contribution in [1.82, 2.24) is 5.32 Å². The second-order valence-corrected chi connectivity index (χ2v) is 8.01. The van der Waals surface area contributed by atoms with Gasteiger partial charge in [0.05, 0.1) is 5.92 Å². The van der Waals surface area contributed by atoms with Crippen molar-refractivity contribution in [2.75, 3.05) is 0 Å². The topological polar surface area (TPSA) is 46.2 Å². The molecule has 1 atom stereocenters. The summed E-state index contributed by atoms with van der Waals surface area (Å²) >= 11 is 0. The zero-order chi connectivity index (χ0) is 18.3. The maximum atomic E-state index is 11.4. The van der Waals surface area contributed by atoms with E-state index >= 15 is 0 Å². The van der Waals surface area contributed by atoms with Crippen LogP contribution in [0.25, 0.3) is 0 Å². The van der Waals surface area contributed by atoms with Crippen LogP contribution in [0.15, 0.2) is 12.2 Å². The summed E-state index contributed by atoms with van der Waals surface area (Å²) < 4.78 is 0. The number of hydrogen-bond acceptors (Lipinski definition) is 2. The van der Waals surface area contributed by atoms with Gasteiger partial charge in [-0.3, -0.25) is 14.9 Å². The molecule has 0 aliphatic carbocycles. The highest BCUT2D eigenvalue weighted by molar-refractivity contribution is 6.04. The van der Waals surface area contributed by atoms with Crippen LogP contribution in [0.5, 0.6) is 0 Å². The highest BCUT2D eigenvalue weighted by Gasteiger charge is 2.27. The summed E-state index contributed by atoms with van der Waals surface area (Å²) in [6.07, 6.45) is 21.7. The molecule has 0 radical (unpaired) electrons. The molecule has 3 nitrogen and oxygen atoms in total. The lowest BCUT2D eigenvalue weighted by atomic mass is 10.0. The van der Waals surface area contributed by atoms with Gasteiger partial charge in [-0.2, -0.15) is 0 Å². The van der Waals surface area contributed by atoms with E-state index in [1.807, 2.05) is 6.08 Å². The molecule has 1 aliphatic heterocycles. The molecule has 0 saturated carbocycles. The van der Waals surface area contributed by atoms with Crippen LogP contribution in [0.4, 0.5) is 0 Å². The van der Waals surface area contributed by atoms with Crippen LogP contribution < -0.4 is 5.32 Å². The Bertz CT molecular complexity index is 401. The lowest BCUT2D eigenvalue weighted by Crippen LogP contribution is -2.21. The number of nitrogens with one attached hydrogen (secondary N) is 1. The minimum absolute atomic E-state index is 0.138. The van der Waals surface area contributed by atoms with Gasteiger partial charge in [-0.05, 0) is 18.8 Å². The van der Waals surface area contributed by atoms with Crippen molar-refractivity contribution >= 4 is 11.8 Å². The van der Waals surface area contributed by atoms with Crippen molar-refractivity contribution in [1.29, 1.82) is 0 Å². The van der Waals surface area contributed by atoms with Crippen LogP contribution in [0, 0.1) is 11.8 Å². The molecule has 0 spiro atoms. The predicted octanol–water partition coefficient (Wildman–Crippen LogP) is 5.93. The zero-order valence-corrected chi connectivity index (χ0v) is 16.5. The van der Waals surface area contributed by atoms with Crippen LogP contribution in [0.1, 0.15) is 104 Å². The van der Waals surface area contributed by atoms with Crippen molar-refractivity contribution in [2.24, 2.45) is 11.8 Å². The van der Waals surface area contributed by atoms with E-state index in [-0.39, 0.29) is 17.7 Å². The fourth-order valence-electron chi connectivity index (χ4n) is 3.40. The van der Waals surface area contributed by atoms with Crippen LogP contribution in [0.2, 0.25) is 0 Å². The minimum atomic E-state index is -0.224. The van der Waals surface area contributed by atoms with E-state index in [4.69, 9.17) is 0 Å². The first-order chi connectivity index (χ1) is 12.1. The fraction of sp³-hybridized carbons (Fsp3) is 0.818. The first kappa shape index (κ1) is 21.9. The molecule has 25 heavy (non-hydrogen) atoms. The molecule has 1 N–H and O–H groups in total. The number of carbonyl (C=O) groups is 2. The van der Waals surface area contributed by atoms with E-state index in [0.29, 0.717) is 6.42 Å². The zero-order valence-electron chi connectivity index (χ0n) is 16.5. The number of hydrogen-bond donors (Lipinski definition) is 1. The smallest absolute Gasteiger partial charge is 0.233 e. The highest BCUT2D eigenvalue weighted by atomic mass is 16.2. The number of imide groups is 1. The molecule has 0 bridgehead atoms. The molecule has 1 heterocycles. The van der Waals surface area contributed by atoms with Crippen LogP contribution >= 0.6 is 0 Å². The quantitative estimate of drug-likeness (QED) is 0.226. The van der Waals surface area contributed by atoms with Gasteiger partial charge in [0, 0.05) is 6.42 Å². The first-order valence-corrected chi connectivity index (χ1v) is 10.6. The van der Waals surface area contributed by atoms with Gasteiger partial charge in [0.1, 0.15) is 0 Å². The molecule has 1 unspecified atom stereocenters. The van der Waals surface area contributed by atoms with Crippen molar-refractivity contribution in [3.8, 4) is 0 Å². The molecular weight excluding hydrogens is 310 g/mol. The van der Waals surface area contributed by atoms with E-state index in [2.05, 4.69) is 25.2 Å². The van der Waals surface area contributed by atoms with Gasteiger partial charge in [-0.15, -0.1) is 0 Å². The van der Waals surface area contributed by atoms with Gasteiger partial charge in [0.15, 0.2) is 0 Å². The van der Waals surface area contributed by atoms with Gasteiger partial charge >= 0.3 is 0 Å². The van der Waals surface area contributed by atoms with Crippen molar-refractivity contribution in [2.45, 2.75) is 104 Å². The monoisotopic (exact) mass is 349 g/mol. The fourth-order valence-corrected chi connectivity index (χ4v) is 3.40. The SMILES string of the molecule is CC(C)CCCCCCCCCCCCCC=CC1CC(=O)NC1=O. The average Bonchev–Trinajstić information content (AvgIpc) is 2.88. The molecule has 0 aromatic carbocycles. The normalized spacial score (nSPS) is 17.8. The number of unbranched alkanes of at least 4 members (excludes halogenated alkanes) is 11. The van der Waals surface area contributed by atoms with Gasteiger partial charge in [-0.25, -0.2) is 0 Å². The molecule has 144 valence electrons. The molecule has 1 aliphatic rings. The molecule has 1 fully saturated rings. The lowest BCUT2D eigenvalue weighted by Gasteiger charge is -2.04. The number of rotatable bonds is 15.